The zero-order chi connectivity index (χ0) is 21.7. The smallest absolute Gasteiger partial charge is 0.291 e. The summed E-state index contributed by atoms with van der Waals surface area (Å²) in [7, 11) is 0. The highest BCUT2D eigenvalue weighted by atomic mass is 79.9. The van der Waals surface area contributed by atoms with Crippen LogP contribution in [0.3, 0.4) is 0 Å². The van der Waals surface area contributed by atoms with Gasteiger partial charge in [0.1, 0.15) is 11.4 Å². The second kappa shape index (κ2) is 9.89. The minimum Gasteiger partial charge on any atom is -0.444 e. The lowest BCUT2D eigenvalue weighted by atomic mass is 9.89. The Kier molecular flexibility index (Phi) is 7.26. The fourth-order valence-electron chi connectivity index (χ4n) is 3.46. The van der Waals surface area contributed by atoms with Gasteiger partial charge in [-0.05, 0) is 40.4 Å². The van der Waals surface area contributed by atoms with E-state index in [2.05, 4.69) is 40.4 Å². The Balaban J connectivity index is 1.92. The molecule has 0 spiro atoms. The van der Waals surface area contributed by atoms with Crippen LogP contribution in [0.5, 0.6) is 0 Å². The number of hydrogen-bond donors (Lipinski definition) is 2. The van der Waals surface area contributed by atoms with Crippen molar-refractivity contribution in [1.82, 2.24) is 10.6 Å². The summed E-state index contributed by atoms with van der Waals surface area (Å²) in [5.74, 6) is -0.869. The van der Waals surface area contributed by atoms with Crippen molar-refractivity contribution < 1.29 is 18.8 Å². The van der Waals surface area contributed by atoms with Crippen LogP contribution < -0.4 is 10.6 Å². The standard InChI is InChI=1S/C23H25BrN2O4/c1-3-5-8-14(4-2)13-25-19-20(26-23(29)17-11-12-18(24)30-17)22(28)16-10-7-6-9-15(16)21(19)27/h6-7,9-12,14,25H,3-5,8,13H2,1-2H3,(H,26,29)/t14-/m0/s1. The first-order valence-corrected chi connectivity index (χ1v) is 11.0. The normalized spacial score (nSPS) is 14.5. The van der Waals surface area contributed by atoms with Gasteiger partial charge in [0.05, 0.1) is 0 Å². The number of unbranched alkanes of at least 4 members (excludes halogenated alkanes) is 1. The molecule has 3 rings (SSSR count). The molecule has 2 N–H and O–H groups in total. The van der Waals surface area contributed by atoms with Crippen LogP contribution in [0.2, 0.25) is 0 Å². The first-order valence-electron chi connectivity index (χ1n) is 10.2. The van der Waals surface area contributed by atoms with Crippen molar-refractivity contribution in [2.75, 3.05) is 6.54 Å². The zero-order valence-corrected chi connectivity index (χ0v) is 18.7. The summed E-state index contributed by atoms with van der Waals surface area (Å²) in [4.78, 5) is 38.9. The van der Waals surface area contributed by atoms with Gasteiger partial charge < -0.3 is 15.1 Å². The molecule has 0 saturated heterocycles. The van der Waals surface area contributed by atoms with E-state index in [1.54, 1.807) is 30.3 Å². The molecule has 30 heavy (non-hydrogen) atoms. The van der Waals surface area contributed by atoms with Gasteiger partial charge in [0.25, 0.3) is 5.91 Å². The maximum atomic E-state index is 13.2. The molecule has 1 heterocycles. The lowest BCUT2D eigenvalue weighted by molar-refractivity contribution is 0.0899. The minimum atomic E-state index is -0.589. The lowest BCUT2D eigenvalue weighted by Gasteiger charge is -2.24. The van der Waals surface area contributed by atoms with Crippen LogP contribution in [-0.2, 0) is 0 Å². The third kappa shape index (κ3) is 4.73. The van der Waals surface area contributed by atoms with Crippen LogP contribution in [0.25, 0.3) is 0 Å². The highest BCUT2D eigenvalue weighted by Crippen LogP contribution is 2.25. The molecule has 2 aromatic rings. The van der Waals surface area contributed by atoms with Gasteiger partial charge in [-0.3, -0.25) is 14.4 Å². The number of Topliss-reactive ketones (excluding diaryl/α,β-unsaturated/α-hetero) is 2. The summed E-state index contributed by atoms with van der Waals surface area (Å²) in [6.45, 7) is 4.80. The number of carbonyl (C=O) groups is 3. The fourth-order valence-corrected chi connectivity index (χ4v) is 3.77. The zero-order valence-electron chi connectivity index (χ0n) is 17.1. The molecule has 1 amide bonds. The van der Waals surface area contributed by atoms with Gasteiger partial charge in [-0.1, -0.05) is 57.4 Å². The number of furan rings is 1. The second-order valence-electron chi connectivity index (χ2n) is 7.31. The molecule has 0 saturated carbocycles. The van der Waals surface area contributed by atoms with Gasteiger partial charge >= 0.3 is 0 Å². The number of amides is 1. The van der Waals surface area contributed by atoms with Crippen molar-refractivity contribution in [2.45, 2.75) is 39.5 Å². The first kappa shape index (κ1) is 22.0. The van der Waals surface area contributed by atoms with Crippen molar-refractivity contribution in [2.24, 2.45) is 5.92 Å². The number of fused-ring (bicyclic) bond motifs is 1. The summed E-state index contributed by atoms with van der Waals surface area (Å²) >= 11 is 3.16. The topological polar surface area (TPSA) is 88.4 Å². The van der Waals surface area contributed by atoms with E-state index in [-0.39, 0.29) is 28.5 Å². The summed E-state index contributed by atoms with van der Waals surface area (Å²) in [5.41, 5.74) is 0.710. The number of hydrogen-bond acceptors (Lipinski definition) is 5. The van der Waals surface area contributed by atoms with E-state index in [0.29, 0.717) is 22.7 Å². The van der Waals surface area contributed by atoms with E-state index in [1.165, 1.54) is 6.07 Å². The van der Waals surface area contributed by atoms with Crippen molar-refractivity contribution in [3.63, 3.8) is 0 Å². The van der Waals surface area contributed by atoms with Crippen molar-refractivity contribution in [1.29, 1.82) is 0 Å². The quantitative estimate of drug-likeness (QED) is 0.543. The number of carbonyl (C=O) groups excluding carboxylic acids is 3. The maximum Gasteiger partial charge on any atom is 0.291 e. The van der Waals surface area contributed by atoms with Crippen LogP contribution in [0.15, 0.2) is 56.9 Å². The van der Waals surface area contributed by atoms with Crippen LogP contribution in [0.4, 0.5) is 0 Å². The summed E-state index contributed by atoms with van der Waals surface area (Å²) in [5, 5.41) is 5.77. The van der Waals surface area contributed by atoms with Crippen molar-refractivity contribution in [3.8, 4) is 0 Å². The Labute approximate surface area is 184 Å². The highest BCUT2D eigenvalue weighted by molar-refractivity contribution is 9.10. The van der Waals surface area contributed by atoms with Crippen LogP contribution in [0.1, 0.15) is 70.8 Å². The van der Waals surface area contributed by atoms with Crippen LogP contribution in [-0.4, -0.2) is 24.0 Å². The summed E-state index contributed by atoms with van der Waals surface area (Å²) < 4.78 is 5.68. The number of nitrogens with one attached hydrogen (secondary N) is 2. The molecular formula is C23H25BrN2O4. The minimum absolute atomic E-state index is 0.0402. The van der Waals surface area contributed by atoms with Crippen LogP contribution >= 0.6 is 15.9 Å². The van der Waals surface area contributed by atoms with Gasteiger partial charge in [-0.15, -0.1) is 0 Å². The van der Waals surface area contributed by atoms with E-state index in [0.717, 1.165) is 25.7 Å². The summed E-state index contributed by atoms with van der Waals surface area (Å²) in [6, 6.07) is 9.73. The Morgan fingerprint density at radius 3 is 2.27 bits per heavy atom. The third-order valence-electron chi connectivity index (χ3n) is 5.27. The molecule has 0 unspecified atom stereocenters. The molecule has 0 fully saturated rings. The van der Waals surface area contributed by atoms with Gasteiger partial charge in [-0.2, -0.15) is 0 Å². The molecule has 1 atom stereocenters. The average molecular weight is 473 g/mol. The Morgan fingerprint density at radius 2 is 1.70 bits per heavy atom. The molecule has 6 nitrogen and oxygen atoms in total. The molecular weight excluding hydrogens is 448 g/mol. The van der Waals surface area contributed by atoms with Gasteiger partial charge in [0, 0.05) is 17.7 Å². The largest absolute Gasteiger partial charge is 0.444 e. The van der Waals surface area contributed by atoms with Crippen molar-refractivity contribution in [3.05, 3.63) is 69.3 Å². The molecule has 158 valence electrons. The average Bonchev–Trinajstić information content (AvgIpc) is 3.20. The fraction of sp³-hybridized carbons (Fsp3) is 0.348. The molecule has 7 heteroatoms. The maximum absolute atomic E-state index is 13.2. The van der Waals surface area contributed by atoms with Crippen LogP contribution in [0, 0.1) is 5.92 Å². The first-order chi connectivity index (χ1) is 14.5. The molecule has 1 aliphatic carbocycles. The highest BCUT2D eigenvalue weighted by Gasteiger charge is 2.33. The Hall–Kier alpha value is -2.67. The molecule has 0 aliphatic heterocycles. The number of allylic oxidation sites excluding steroid dienone is 2. The monoisotopic (exact) mass is 472 g/mol. The molecule has 1 aromatic heterocycles. The predicted molar refractivity (Wildman–Crippen MR) is 117 cm³/mol. The van der Waals surface area contributed by atoms with E-state index in [9.17, 15) is 14.4 Å². The van der Waals surface area contributed by atoms with Gasteiger partial charge in [0.2, 0.25) is 11.6 Å². The number of rotatable bonds is 9. The summed E-state index contributed by atoms with van der Waals surface area (Å²) in [6.07, 6.45) is 4.20. The molecule has 1 aromatic carbocycles. The van der Waals surface area contributed by atoms with E-state index < -0.39 is 11.7 Å². The van der Waals surface area contributed by atoms with E-state index in [1.807, 2.05) is 0 Å². The number of ketones is 2. The van der Waals surface area contributed by atoms with E-state index in [4.69, 9.17) is 4.42 Å². The Morgan fingerprint density at radius 1 is 1.03 bits per heavy atom. The number of halogens is 1. The SMILES string of the molecule is CCCC[C@H](CC)CNC1=C(NC(=O)c2ccc(Br)o2)C(=O)c2ccccc2C1=O. The lowest BCUT2D eigenvalue weighted by Crippen LogP contribution is -2.39. The molecule has 1 aliphatic rings. The second-order valence-corrected chi connectivity index (χ2v) is 8.09. The third-order valence-corrected chi connectivity index (χ3v) is 5.69. The molecule has 0 bridgehead atoms. The number of benzene rings is 1. The predicted octanol–water partition coefficient (Wildman–Crippen LogP) is 4.87. The van der Waals surface area contributed by atoms with Gasteiger partial charge in [0.15, 0.2) is 10.4 Å². The van der Waals surface area contributed by atoms with Crippen molar-refractivity contribution >= 4 is 33.4 Å². The Bertz CT molecular complexity index is 993. The van der Waals surface area contributed by atoms with E-state index >= 15 is 0 Å². The molecule has 0 radical (unpaired) electrons. The van der Waals surface area contributed by atoms with Gasteiger partial charge in [-0.25, -0.2) is 0 Å².